The Morgan fingerprint density at radius 3 is 1.33 bits per heavy atom. The highest BCUT2D eigenvalue weighted by molar-refractivity contribution is 8.93. The molecular formula is C6H2BrF5. The van der Waals surface area contributed by atoms with E-state index in [2.05, 4.69) is 0 Å². The standard InChI is InChI=1S/C6HF5.BrH/c7-2-1-3(8)5(10)6(11)4(2)9;/h1H;1H. The maximum atomic E-state index is 12.0. The summed E-state index contributed by atoms with van der Waals surface area (Å²) in [6.45, 7) is 0. The van der Waals surface area contributed by atoms with E-state index < -0.39 is 29.1 Å². The second-order valence-corrected chi connectivity index (χ2v) is 1.78. The molecule has 0 bridgehead atoms. The molecule has 0 N–H and O–H groups in total. The number of hydrogen-bond acceptors (Lipinski definition) is 0. The largest absolute Gasteiger partial charge is 0.204 e. The summed E-state index contributed by atoms with van der Waals surface area (Å²) in [6, 6.07) is -0.0618. The normalized spacial score (nSPS) is 9.42. The summed E-state index contributed by atoms with van der Waals surface area (Å²) in [5.74, 6) is -9.65. The molecule has 0 fully saturated rings. The first-order valence-corrected chi connectivity index (χ1v) is 2.52. The fourth-order valence-corrected chi connectivity index (χ4v) is 0.544. The average molecular weight is 249 g/mol. The Morgan fingerprint density at radius 1 is 0.667 bits per heavy atom. The molecule has 1 aromatic rings. The van der Waals surface area contributed by atoms with E-state index in [9.17, 15) is 22.0 Å². The van der Waals surface area contributed by atoms with Crippen molar-refractivity contribution in [2.45, 2.75) is 0 Å². The molecular weight excluding hydrogens is 247 g/mol. The Morgan fingerprint density at radius 2 is 1.00 bits per heavy atom. The molecule has 68 valence electrons. The van der Waals surface area contributed by atoms with E-state index >= 15 is 0 Å². The third-order valence-corrected chi connectivity index (χ3v) is 1.06. The topological polar surface area (TPSA) is 0 Å². The van der Waals surface area contributed by atoms with Crippen LogP contribution in [0.5, 0.6) is 0 Å². The third-order valence-electron chi connectivity index (χ3n) is 1.06. The van der Waals surface area contributed by atoms with Gasteiger partial charge in [0.2, 0.25) is 5.82 Å². The Bertz CT molecular complexity index is 272. The molecule has 0 heterocycles. The van der Waals surface area contributed by atoms with Crippen LogP contribution in [0.2, 0.25) is 0 Å². The molecule has 0 saturated heterocycles. The minimum Gasteiger partial charge on any atom is -0.204 e. The Balaban J connectivity index is 0.00000121. The third kappa shape index (κ3) is 1.74. The van der Waals surface area contributed by atoms with Crippen molar-refractivity contribution in [3.8, 4) is 0 Å². The van der Waals surface area contributed by atoms with Crippen LogP contribution in [-0.2, 0) is 0 Å². The highest BCUT2D eigenvalue weighted by atomic mass is 79.9. The Kier molecular flexibility index (Phi) is 3.63. The minimum absolute atomic E-state index is 0. The average Bonchev–Trinajstić information content (AvgIpc) is 1.97. The van der Waals surface area contributed by atoms with Crippen LogP contribution in [0, 0.1) is 29.1 Å². The van der Waals surface area contributed by atoms with Crippen LogP contribution in [0.1, 0.15) is 0 Å². The molecule has 1 rings (SSSR count). The van der Waals surface area contributed by atoms with E-state index in [1.165, 1.54) is 0 Å². The maximum absolute atomic E-state index is 12.0. The van der Waals surface area contributed by atoms with Crippen molar-refractivity contribution in [1.82, 2.24) is 0 Å². The lowest BCUT2D eigenvalue weighted by Crippen LogP contribution is -1.98. The van der Waals surface area contributed by atoms with Crippen molar-refractivity contribution in [3.05, 3.63) is 35.2 Å². The molecule has 0 atom stereocenters. The van der Waals surface area contributed by atoms with E-state index in [4.69, 9.17) is 0 Å². The highest BCUT2D eigenvalue weighted by Gasteiger charge is 2.18. The van der Waals surface area contributed by atoms with Crippen molar-refractivity contribution in [2.24, 2.45) is 0 Å². The van der Waals surface area contributed by atoms with Crippen LogP contribution in [-0.4, -0.2) is 0 Å². The van der Waals surface area contributed by atoms with Gasteiger partial charge in [0.05, 0.1) is 0 Å². The van der Waals surface area contributed by atoms with Gasteiger partial charge in [0.15, 0.2) is 23.3 Å². The lowest BCUT2D eigenvalue weighted by Gasteiger charge is -1.96. The monoisotopic (exact) mass is 248 g/mol. The molecule has 0 spiro atoms. The molecule has 0 amide bonds. The van der Waals surface area contributed by atoms with Crippen LogP contribution in [0.3, 0.4) is 0 Å². The number of halogens is 6. The molecule has 0 nitrogen and oxygen atoms in total. The van der Waals surface area contributed by atoms with Gasteiger partial charge in [0.25, 0.3) is 0 Å². The van der Waals surface area contributed by atoms with Crippen molar-refractivity contribution < 1.29 is 22.0 Å². The van der Waals surface area contributed by atoms with E-state index in [1.54, 1.807) is 0 Å². The summed E-state index contributed by atoms with van der Waals surface area (Å²) in [5, 5.41) is 0. The molecule has 0 saturated carbocycles. The molecule has 12 heavy (non-hydrogen) atoms. The molecule has 6 heteroatoms. The first-order chi connectivity index (χ1) is 5.04. The van der Waals surface area contributed by atoms with Crippen molar-refractivity contribution >= 4 is 17.0 Å². The van der Waals surface area contributed by atoms with Gasteiger partial charge in [-0.2, -0.15) is 0 Å². The summed E-state index contributed by atoms with van der Waals surface area (Å²) < 4.78 is 60.0. The zero-order valence-corrected chi connectivity index (χ0v) is 7.09. The van der Waals surface area contributed by atoms with Crippen LogP contribution in [0.15, 0.2) is 6.07 Å². The van der Waals surface area contributed by atoms with E-state index in [0.29, 0.717) is 0 Å². The van der Waals surface area contributed by atoms with Gasteiger partial charge in [-0.15, -0.1) is 17.0 Å². The van der Waals surface area contributed by atoms with Gasteiger partial charge in [-0.1, -0.05) is 0 Å². The highest BCUT2D eigenvalue weighted by Crippen LogP contribution is 2.16. The molecule has 0 unspecified atom stereocenters. The van der Waals surface area contributed by atoms with Crippen LogP contribution in [0.4, 0.5) is 22.0 Å². The predicted molar refractivity (Wildman–Crippen MR) is 36.6 cm³/mol. The summed E-state index contributed by atoms with van der Waals surface area (Å²) in [4.78, 5) is 0. The molecule has 0 aromatic heterocycles. The number of hydrogen-bond donors (Lipinski definition) is 0. The van der Waals surface area contributed by atoms with Crippen LogP contribution in [0.25, 0.3) is 0 Å². The minimum atomic E-state index is -2.14. The van der Waals surface area contributed by atoms with Gasteiger partial charge in [-0.25, -0.2) is 22.0 Å². The van der Waals surface area contributed by atoms with Gasteiger partial charge >= 0.3 is 0 Å². The molecule has 0 aliphatic heterocycles. The second-order valence-electron chi connectivity index (χ2n) is 1.78. The summed E-state index contributed by atoms with van der Waals surface area (Å²) in [5.41, 5.74) is 0. The van der Waals surface area contributed by atoms with Crippen molar-refractivity contribution in [2.75, 3.05) is 0 Å². The summed E-state index contributed by atoms with van der Waals surface area (Å²) >= 11 is 0. The summed E-state index contributed by atoms with van der Waals surface area (Å²) in [6.07, 6.45) is 0. The van der Waals surface area contributed by atoms with Gasteiger partial charge in [0, 0.05) is 6.07 Å². The first-order valence-electron chi connectivity index (χ1n) is 2.52. The van der Waals surface area contributed by atoms with E-state index in [-0.39, 0.29) is 23.0 Å². The van der Waals surface area contributed by atoms with Crippen molar-refractivity contribution in [1.29, 1.82) is 0 Å². The molecule has 0 radical (unpaired) electrons. The fraction of sp³-hybridized carbons (Fsp3) is 0. The Hall–Kier alpha value is -0.650. The summed E-state index contributed by atoms with van der Waals surface area (Å²) in [7, 11) is 0. The van der Waals surface area contributed by atoms with Gasteiger partial charge in [-0.05, 0) is 0 Å². The predicted octanol–water partition coefficient (Wildman–Crippen LogP) is 2.96. The lowest BCUT2D eigenvalue weighted by atomic mass is 10.3. The maximum Gasteiger partial charge on any atom is 0.200 e. The van der Waals surface area contributed by atoms with Gasteiger partial charge < -0.3 is 0 Å². The number of rotatable bonds is 0. The van der Waals surface area contributed by atoms with E-state index in [0.717, 1.165) is 0 Å². The molecule has 0 aliphatic carbocycles. The first kappa shape index (κ1) is 11.4. The molecule has 1 aromatic carbocycles. The fourth-order valence-electron chi connectivity index (χ4n) is 0.544. The van der Waals surface area contributed by atoms with Gasteiger partial charge in [0.1, 0.15) is 0 Å². The van der Waals surface area contributed by atoms with Crippen molar-refractivity contribution in [3.63, 3.8) is 0 Å². The Labute approximate surface area is 74.8 Å². The lowest BCUT2D eigenvalue weighted by molar-refractivity contribution is 0.378. The quantitative estimate of drug-likeness (QED) is 0.376. The molecule has 0 aliphatic rings. The SMILES string of the molecule is Br.Fc1cc(F)c(F)c(F)c1F. The van der Waals surface area contributed by atoms with Gasteiger partial charge in [-0.3, -0.25) is 0 Å². The number of benzene rings is 1. The smallest absolute Gasteiger partial charge is 0.200 e. The van der Waals surface area contributed by atoms with E-state index in [1.807, 2.05) is 0 Å². The zero-order valence-electron chi connectivity index (χ0n) is 5.38. The van der Waals surface area contributed by atoms with Crippen LogP contribution >= 0.6 is 17.0 Å². The second kappa shape index (κ2) is 3.84. The zero-order chi connectivity index (χ0) is 8.59. The van der Waals surface area contributed by atoms with Crippen LogP contribution < -0.4 is 0 Å².